The summed E-state index contributed by atoms with van der Waals surface area (Å²) >= 11 is 0. The zero-order valence-corrected chi connectivity index (χ0v) is 15.8. The summed E-state index contributed by atoms with van der Waals surface area (Å²) in [5.41, 5.74) is 5.56. The molecule has 6 heteroatoms. The summed E-state index contributed by atoms with van der Waals surface area (Å²) < 4.78 is 33.3. The van der Waals surface area contributed by atoms with Gasteiger partial charge in [0.1, 0.15) is 0 Å². The summed E-state index contributed by atoms with van der Waals surface area (Å²) in [6, 6.07) is 3.50. The Hall–Kier alpha value is -1.92. The molecule has 24 heavy (non-hydrogen) atoms. The molecule has 1 aromatic carbocycles. The van der Waals surface area contributed by atoms with E-state index in [0.29, 0.717) is 10.8 Å². The van der Waals surface area contributed by atoms with Gasteiger partial charge in [-0.15, -0.1) is 0 Å². The second-order valence-corrected chi connectivity index (χ2v) is 7.69. The SMILES string of the molecule is COc1ccc(CNS(=O)(=O)c2c(C)c(C)c(C)c(C)c2C)cn1. The molecule has 1 N–H and O–H groups in total. The molecule has 2 aromatic rings. The van der Waals surface area contributed by atoms with Crippen LogP contribution in [0, 0.1) is 34.6 Å². The van der Waals surface area contributed by atoms with Gasteiger partial charge in [0.15, 0.2) is 0 Å². The Morgan fingerprint density at radius 3 is 1.96 bits per heavy atom. The molecule has 0 amide bonds. The molecule has 130 valence electrons. The number of nitrogens with zero attached hydrogens (tertiary/aromatic N) is 1. The van der Waals surface area contributed by atoms with E-state index in [1.807, 2.05) is 34.6 Å². The van der Waals surface area contributed by atoms with Crippen LogP contribution in [0.3, 0.4) is 0 Å². The lowest BCUT2D eigenvalue weighted by molar-refractivity contribution is 0.397. The molecule has 0 saturated carbocycles. The number of aromatic nitrogens is 1. The molecule has 0 atom stereocenters. The Balaban J connectivity index is 2.34. The fourth-order valence-corrected chi connectivity index (χ4v) is 4.37. The third-order valence-electron chi connectivity index (χ3n) is 4.67. The van der Waals surface area contributed by atoms with Gasteiger partial charge in [-0.2, -0.15) is 0 Å². The van der Waals surface area contributed by atoms with Crippen LogP contribution in [-0.4, -0.2) is 20.5 Å². The Morgan fingerprint density at radius 2 is 1.50 bits per heavy atom. The zero-order chi connectivity index (χ0) is 18.1. The van der Waals surface area contributed by atoms with Gasteiger partial charge < -0.3 is 4.74 Å². The highest BCUT2D eigenvalue weighted by Gasteiger charge is 2.23. The minimum Gasteiger partial charge on any atom is -0.481 e. The van der Waals surface area contributed by atoms with E-state index in [-0.39, 0.29) is 6.54 Å². The number of hydrogen-bond acceptors (Lipinski definition) is 4. The number of methoxy groups -OCH3 is 1. The van der Waals surface area contributed by atoms with Crippen molar-refractivity contribution in [2.45, 2.75) is 46.1 Å². The summed E-state index contributed by atoms with van der Waals surface area (Å²) in [7, 11) is -2.07. The molecular weight excluding hydrogens is 324 g/mol. The summed E-state index contributed by atoms with van der Waals surface area (Å²) in [6.45, 7) is 9.85. The van der Waals surface area contributed by atoms with E-state index in [0.717, 1.165) is 33.4 Å². The lowest BCUT2D eigenvalue weighted by Crippen LogP contribution is -2.25. The average Bonchev–Trinajstić information content (AvgIpc) is 2.57. The van der Waals surface area contributed by atoms with E-state index in [9.17, 15) is 8.42 Å². The number of benzene rings is 1. The van der Waals surface area contributed by atoms with Gasteiger partial charge >= 0.3 is 0 Å². The zero-order valence-electron chi connectivity index (χ0n) is 15.0. The van der Waals surface area contributed by atoms with Crippen molar-refractivity contribution in [2.75, 3.05) is 7.11 Å². The van der Waals surface area contributed by atoms with Gasteiger partial charge in [0.25, 0.3) is 0 Å². The van der Waals surface area contributed by atoms with Crippen LogP contribution in [0.25, 0.3) is 0 Å². The summed E-state index contributed by atoms with van der Waals surface area (Å²) in [4.78, 5) is 4.47. The Labute approximate surface area is 144 Å². The van der Waals surface area contributed by atoms with E-state index >= 15 is 0 Å². The van der Waals surface area contributed by atoms with E-state index < -0.39 is 10.0 Å². The number of nitrogens with one attached hydrogen (secondary N) is 1. The number of hydrogen-bond donors (Lipinski definition) is 1. The van der Waals surface area contributed by atoms with Crippen LogP contribution in [0.2, 0.25) is 0 Å². The molecule has 5 nitrogen and oxygen atoms in total. The minimum absolute atomic E-state index is 0.185. The molecule has 0 fully saturated rings. The molecule has 0 spiro atoms. The number of ether oxygens (including phenoxy) is 1. The third kappa shape index (κ3) is 3.44. The van der Waals surface area contributed by atoms with E-state index in [4.69, 9.17) is 4.74 Å². The van der Waals surface area contributed by atoms with Crippen molar-refractivity contribution in [1.82, 2.24) is 9.71 Å². The normalized spacial score (nSPS) is 11.6. The van der Waals surface area contributed by atoms with Crippen LogP contribution in [0.15, 0.2) is 23.2 Å². The topological polar surface area (TPSA) is 68.3 Å². The van der Waals surface area contributed by atoms with Gasteiger partial charge in [0, 0.05) is 18.8 Å². The quantitative estimate of drug-likeness (QED) is 0.901. The molecule has 0 saturated heterocycles. The largest absolute Gasteiger partial charge is 0.481 e. The maximum absolute atomic E-state index is 12.8. The maximum Gasteiger partial charge on any atom is 0.241 e. The van der Waals surface area contributed by atoms with E-state index in [1.54, 1.807) is 25.4 Å². The van der Waals surface area contributed by atoms with Crippen molar-refractivity contribution in [3.05, 3.63) is 51.7 Å². The van der Waals surface area contributed by atoms with Crippen LogP contribution in [0.1, 0.15) is 33.4 Å². The van der Waals surface area contributed by atoms with Crippen molar-refractivity contribution in [3.8, 4) is 5.88 Å². The summed E-state index contributed by atoms with van der Waals surface area (Å²) in [5.74, 6) is 0.498. The molecule has 0 radical (unpaired) electrons. The fourth-order valence-electron chi connectivity index (χ4n) is 2.76. The first-order chi connectivity index (χ1) is 11.2. The Morgan fingerprint density at radius 1 is 0.958 bits per heavy atom. The van der Waals surface area contributed by atoms with Gasteiger partial charge in [0.2, 0.25) is 15.9 Å². The molecule has 0 aliphatic rings. The Kier molecular flexibility index (Phi) is 5.30. The lowest BCUT2D eigenvalue weighted by Gasteiger charge is -2.19. The van der Waals surface area contributed by atoms with Crippen molar-refractivity contribution >= 4 is 10.0 Å². The second kappa shape index (κ2) is 6.91. The number of sulfonamides is 1. The minimum atomic E-state index is -3.61. The van der Waals surface area contributed by atoms with Crippen LogP contribution >= 0.6 is 0 Å². The third-order valence-corrected chi connectivity index (χ3v) is 6.35. The fraction of sp³-hybridized carbons (Fsp3) is 0.389. The van der Waals surface area contributed by atoms with Crippen molar-refractivity contribution in [2.24, 2.45) is 0 Å². The second-order valence-electron chi connectivity index (χ2n) is 5.99. The molecule has 2 rings (SSSR count). The van der Waals surface area contributed by atoms with Crippen molar-refractivity contribution in [3.63, 3.8) is 0 Å². The first-order valence-electron chi connectivity index (χ1n) is 7.74. The van der Waals surface area contributed by atoms with Crippen LogP contribution in [0.5, 0.6) is 5.88 Å². The predicted octanol–water partition coefficient (Wildman–Crippen LogP) is 3.11. The monoisotopic (exact) mass is 348 g/mol. The lowest BCUT2D eigenvalue weighted by atomic mass is 9.95. The van der Waals surface area contributed by atoms with Crippen LogP contribution < -0.4 is 9.46 Å². The molecule has 1 heterocycles. The van der Waals surface area contributed by atoms with E-state index in [2.05, 4.69) is 9.71 Å². The molecule has 0 unspecified atom stereocenters. The molecular formula is C18H24N2O3S. The highest BCUT2D eigenvalue weighted by molar-refractivity contribution is 7.89. The highest BCUT2D eigenvalue weighted by atomic mass is 32.2. The van der Waals surface area contributed by atoms with Gasteiger partial charge in [-0.1, -0.05) is 6.07 Å². The summed E-state index contributed by atoms with van der Waals surface area (Å²) in [6.07, 6.45) is 1.60. The Bertz CT molecular complexity index is 828. The first-order valence-corrected chi connectivity index (χ1v) is 9.23. The van der Waals surface area contributed by atoms with Gasteiger partial charge in [-0.3, -0.25) is 0 Å². The molecule has 0 aliphatic heterocycles. The highest BCUT2D eigenvalue weighted by Crippen LogP contribution is 2.29. The van der Waals surface area contributed by atoms with E-state index in [1.165, 1.54) is 0 Å². The number of rotatable bonds is 5. The van der Waals surface area contributed by atoms with Gasteiger partial charge in [0.05, 0.1) is 12.0 Å². The van der Waals surface area contributed by atoms with Gasteiger partial charge in [-0.05, 0) is 68.0 Å². The van der Waals surface area contributed by atoms with Crippen LogP contribution in [-0.2, 0) is 16.6 Å². The van der Waals surface area contributed by atoms with Gasteiger partial charge in [-0.25, -0.2) is 18.1 Å². The standard InChI is InChI=1S/C18H24N2O3S/c1-11-12(2)14(4)18(15(5)13(11)3)24(21,22)20-10-16-7-8-17(23-6)19-9-16/h7-9,20H,10H2,1-6H3. The molecule has 1 aromatic heterocycles. The molecule has 0 aliphatic carbocycles. The molecule has 0 bridgehead atoms. The predicted molar refractivity (Wildman–Crippen MR) is 94.9 cm³/mol. The van der Waals surface area contributed by atoms with Crippen molar-refractivity contribution in [1.29, 1.82) is 0 Å². The average molecular weight is 348 g/mol. The smallest absolute Gasteiger partial charge is 0.241 e. The first kappa shape index (κ1) is 18.4. The summed E-state index contributed by atoms with van der Waals surface area (Å²) in [5, 5.41) is 0. The van der Waals surface area contributed by atoms with Crippen molar-refractivity contribution < 1.29 is 13.2 Å². The van der Waals surface area contributed by atoms with Crippen LogP contribution in [0.4, 0.5) is 0 Å². The maximum atomic E-state index is 12.8. The number of pyridine rings is 1.